The van der Waals surface area contributed by atoms with E-state index in [0.29, 0.717) is 17.9 Å². The third-order valence-electron chi connectivity index (χ3n) is 6.17. The van der Waals surface area contributed by atoms with Crippen LogP contribution in [0.4, 0.5) is 4.39 Å². The number of nitrogens with zero attached hydrogens (tertiary/aromatic N) is 1. The topological polar surface area (TPSA) is 58.6 Å². The maximum Gasteiger partial charge on any atom is 0.243 e. The fraction of sp³-hybridized carbons (Fsp3) is 0.333. The number of hydrogen-bond donors (Lipinski definition) is 1. The van der Waals surface area contributed by atoms with E-state index in [1.54, 1.807) is 24.1 Å². The first-order valence-corrected chi connectivity index (χ1v) is 13.6. The van der Waals surface area contributed by atoms with Gasteiger partial charge < -0.3 is 15.0 Å². The van der Waals surface area contributed by atoms with Crippen LogP contribution in [0.2, 0.25) is 0 Å². The highest BCUT2D eigenvalue weighted by molar-refractivity contribution is 7.99. The van der Waals surface area contributed by atoms with E-state index in [2.05, 4.69) is 5.32 Å². The zero-order chi connectivity index (χ0) is 26.6. The molecule has 1 N–H and O–H groups in total. The summed E-state index contributed by atoms with van der Waals surface area (Å²) in [5, 5.41) is 3.08. The van der Waals surface area contributed by atoms with Crippen molar-refractivity contribution in [3.63, 3.8) is 0 Å². The lowest BCUT2D eigenvalue weighted by molar-refractivity contribution is -0.139. The van der Waals surface area contributed by atoms with E-state index in [4.69, 9.17) is 4.74 Å². The van der Waals surface area contributed by atoms with Crippen LogP contribution in [-0.4, -0.2) is 41.7 Å². The minimum Gasteiger partial charge on any atom is -0.497 e. The highest BCUT2D eigenvalue weighted by Gasteiger charge is 2.31. The number of methoxy groups -OCH3 is 1. The van der Waals surface area contributed by atoms with Gasteiger partial charge in [0.05, 0.1) is 12.9 Å². The molecule has 5 nitrogen and oxygen atoms in total. The summed E-state index contributed by atoms with van der Waals surface area (Å²) < 4.78 is 18.6. The van der Waals surface area contributed by atoms with Gasteiger partial charge in [0.25, 0.3) is 0 Å². The number of halogens is 1. The second-order valence-electron chi connectivity index (χ2n) is 9.02. The largest absolute Gasteiger partial charge is 0.497 e. The van der Waals surface area contributed by atoms with Crippen LogP contribution in [0.5, 0.6) is 5.75 Å². The quantitative estimate of drug-likeness (QED) is 0.317. The molecule has 0 aliphatic carbocycles. The monoisotopic (exact) mass is 522 g/mol. The Morgan fingerprint density at radius 1 is 0.973 bits per heavy atom. The molecular weight excluding hydrogens is 487 g/mol. The molecule has 3 rings (SSSR count). The first kappa shape index (κ1) is 28.3. The number of nitrogens with one attached hydrogen (secondary N) is 1. The summed E-state index contributed by atoms with van der Waals surface area (Å²) in [6.45, 7) is 4.26. The molecule has 2 atom stereocenters. The molecule has 0 saturated heterocycles. The van der Waals surface area contributed by atoms with Crippen LogP contribution in [0, 0.1) is 5.82 Å². The minimum absolute atomic E-state index is 0.00704. The second-order valence-corrected chi connectivity index (χ2v) is 10.0. The molecule has 0 saturated carbocycles. The lowest BCUT2D eigenvalue weighted by Crippen LogP contribution is -2.52. The van der Waals surface area contributed by atoms with Gasteiger partial charge in [-0.15, -0.1) is 11.8 Å². The summed E-state index contributed by atoms with van der Waals surface area (Å²) in [6.07, 6.45) is 1.20. The van der Waals surface area contributed by atoms with Gasteiger partial charge in [-0.1, -0.05) is 61.5 Å². The lowest BCUT2D eigenvalue weighted by atomic mass is 10.0. The predicted octanol–water partition coefficient (Wildman–Crippen LogP) is 5.62. The van der Waals surface area contributed by atoms with Crippen LogP contribution in [0.15, 0.2) is 78.9 Å². The summed E-state index contributed by atoms with van der Waals surface area (Å²) in [4.78, 5) is 28.9. The molecular formula is C30H35FN2O3S. The van der Waals surface area contributed by atoms with Crippen molar-refractivity contribution in [2.45, 2.75) is 51.1 Å². The second kappa shape index (κ2) is 14.4. The maximum atomic E-state index is 13.7. The normalized spacial score (nSPS) is 12.4. The fourth-order valence-electron chi connectivity index (χ4n) is 3.88. The Labute approximate surface area is 223 Å². The molecule has 0 fully saturated rings. The van der Waals surface area contributed by atoms with Crippen LogP contribution in [0.25, 0.3) is 0 Å². The van der Waals surface area contributed by atoms with Gasteiger partial charge in [0.2, 0.25) is 11.8 Å². The first-order valence-electron chi connectivity index (χ1n) is 12.5. The standard InChI is InChI=1S/C30H35FN2O3S/c1-4-22(2)32-30(35)28(18-23-9-6-5-7-10-23)33(19-25-11-8-12-27(17-25)36-3)29(34)21-37-20-24-13-15-26(31)16-14-24/h5-17,22,28H,4,18-21H2,1-3H3,(H,32,35)/t22-,28-/m1/s1. The zero-order valence-corrected chi connectivity index (χ0v) is 22.5. The molecule has 7 heteroatoms. The van der Waals surface area contributed by atoms with E-state index in [9.17, 15) is 14.0 Å². The number of carbonyl (C=O) groups excluding carboxylic acids is 2. The fourth-order valence-corrected chi connectivity index (χ4v) is 4.75. The maximum absolute atomic E-state index is 13.7. The molecule has 3 aromatic carbocycles. The summed E-state index contributed by atoms with van der Waals surface area (Å²) in [6, 6.07) is 22.9. The Hall–Kier alpha value is -3.32. The van der Waals surface area contributed by atoms with Crippen LogP contribution in [-0.2, 0) is 28.3 Å². The first-order chi connectivity index (χ1) is 17.9. The molecule has 0 unspecified atom stereocenters. The Kier molecular flexibility index (Phi) is 11.0. The van der Waals surface area contributed by atoms with Crippen LogP contribution in [0.3, 0.4) is 0 Å². The molecule has 0 radical (unpaired) electrons. The van der Waals surface area contributed by atoms with E-state index >= 15 is 0 Å². The number of carbonyl (C=O) groups is 2. The molecule has 0 aromatic heterocycles. The number of ether oxygens (including phenoxy) is 1. The van der Waals surface area contributed by atoms with Crippen molar-refractivity contribution < 1.29 is 18.7 Å². The molecule has 0 spiro atoms. The van der Waals surface area contributed by atoms with Gasteiger partial charge in [0, 0.05) is 24.8 Å². The Morgan fingerprint density at radius 2 is 1.68 bits per heavy atom. The predicted molar refractivity (Wildman–Crippen MR) is 148 cm³/mol. The highest BCUT2D eigenvalue weighted by Crippen LogP contribution is 2.21. The number of thioether (sulfide) groups is 1. The molecule has 2 amide bonds. The minimum atomic E-state index is -0.679. The Balaban J connectivity index is 1.86. The van der Waals surface area contributed by atoms with Crippen molar-refractivity contribution in [3.05, 3.63) is 101 Å². The molecule has 0 bridgehead atoms. The number of hydrogen-bond acceptors (Lipinski definition) is 4. The van der Waals surface area contributed by atoms with Gasteiger partial charge in [-0.25, -0.2) is 4.39 Å². The molecule has 3 aromatic rings. The van der Waals surface area contributed by atoms with Crippen molar-refractivity contribution in [3.8, 4) is 5.75 Å². The Bertz CT molecular complexity index is 1140. The Morgan fingerprint density at radius 3 is 2.35 bits per heavy atom. The van der Waals surface area contributed by atoms with Crippen LogP contribution < -0.4 is 10.1 Å². The molecule has 0 aliphatic heterocycles. The average Bonchev–Trinajstić information content (AvgIpc) is 2.92. The number of amides is 2. The summed E-state index contributed by atoms with van der Waals surface area (Å²) in [5.74, 6) is 0.878. The zero-order valence-electron chi connectivity index (χ0n) is 21.7. The van der Waals surface area contributed by atoms with Gasteiger partial charge in [-0.05, 0) is 54.3 Å². The van der Waals surface area contributed by atoms with Crippen molar-refractivity contribution in [1.29, 1.82) is 0 Å². The third kappa shape index (κ3) is 8.93. The summed E-state index contributed by atoms with van der Waals surface area (Å²) in [5.41, 5.74) is 2.80. The SMILES string of the molecule is CC[C@@H](C)NC(=O)[C@@H](Cc1ccccc1)N(Cc1cccc(OC)c1)C(=O)CSCc1ccc(F)cc1. The molecule has 196 valence electrons. The van der Waals surface area contributed by atoms with Crippen molar-refractivity contribution >= 4 is 23.6 Å². The van der Waals surface area contributed by atoms with E-state index in [1.807, 2.05) is 68.4 Å². The van der Waals surface area contributed by atoms with Gasteiger partial charge in [0.1, 0.15) is 17.6 Å². The van der Waals surface area contributed by atoms with E-state index in [1.165, 1.54) is 23.9 Å². The number of rotatable bonds is 13. The molecule has 0 heterocycles. The smallest absolute Gasteiger partial charge is 0.243 e. The van der Waals surface area contributed by atoms with E-state index in [-0.39, 0.29) is 36.0 Å². The van der Waals surface area contributed by atoms with Crippen molar-refractivity contribution in [1.82, 2.24) is 10.2 Å². The highest BCUT2D eigenvalue weighted by atomic mass is 32.2. The lowest BCUT2D eigenvalue weighted by Gasteiger charge is -2.32. The summed E-state index contributed by atoms with van der Waals surface area (Å²) >= 11 is 1.45. The van der Waals surface area contributed by atoms with Gasteiger partial charge >= 0.3 is 0 Å². The molecule has 37 heavy (non-hydrogen) atoms. The van der Waals surface area contributed by atoms with Gasteiger partial charge in [-0.2, -0.15) is 0 Å². The number of benzene rings is 3. The van der Waals surface area contributed by atoms with Crippen molar-refractivity contribution in [2.75, 3.05) is 12.9 Å². The van der Waals surface area contributed by atoms with Gasteiger partial charge in [0.15, 0.2) is 0 Å². The third-order valence-corrected chi connectivity index (χ3v) is 7.16. The van der Waals surface area contributed by atoms with Crippen LogP contribution >= 0.6 is 11.8 Å². The van der Waals surface area contributed by atoms with Gasteiger partial charge in [-0.3, -0.25) is 9.59 Å². The van der Waals surface area contributed by atoms with Crippen LogP contribution in [0.1, 0.15) is 37.0 Å². The average molecular weight is 523 g/mol. The van der Waals surface area contributed by atoms with Crippen molar-refractivity contribution in [2.24, 2.45) is 0 Å². The van der Waals surface area contributed by atoms with E-state index in [0.717, 1.165) is 23.1 Å². The molecule has 0 aliphatic rings. The van der Waals surface area contributed by atoms with E-state index < -0.39 is 6.04 Å². The summed E-state index contributed by atoms with van der Waals surface area (Å²) in [7, 11) is 1.60.